The number of benzene rings is 3. The van der Waals surface area contributed by atoms with E-state index in [1.54, 1.807) is 12.1 Å². The molecule has 0 aliphatic heterocycles. The Morgan fingerprint density at radius 3 is 2.27 bits per heavy atom. The molecule has 1 aromatic heterocycles. The Balaban J connectivity index is 1.44. The molecule has 0 fully saturated rings. The predicted molar refractivity (Wildman–Crippen MR) is 132 cm³/mol. The molecule has 188 valence electrons. The summed E-state index contributed by atoms with van der Waals surface area (Å²) < 4.78 is 38.9. The summed E-state index contributed by atoms with van der Waals surface area (Å²) in [6.45, 7) is 0. The third-order valence-corrected chi connectivity index (χ3v) is 5.50. The first-order chi connectivity index (χ1) is 17.6. The average Bonchev–Trinajstić information content (AvgIpc) is 2.87. The number of carbonyl (C=O) groups is 2. The van der Waals surface area contributed by atoms with Crippen molar-refractivity contribution in [2.24, 2.45) is 0 Å². The molecule has 0 saturated heterocycles. The fraction of sp³-hybridized carbons (Fsp3) is 0.0769. The summed E-state index contributed by atoms with van der Waals surface area (Å²) in [6, 6.07) is 14.5. The van der Waals surface area contributed by atoms with Gasteiger partial charge in [0.25, 0.3) is 5.91 Å². The number of alkyl halides is 3. The summed E-state index contributed by atoms with van der Waals surface area (Å²) in [5.41, 5.74) is 0.359. The van der Waals surface area contributed by atoms with E-state index in [1.807, 2.05) is 0 Å². The van der Waals surface area contributed by atoms with Crippen molar-refractivity contribution in [2.45, 2.75) is 12.6 Å². The lowest BCUT2D eigenvalue weighted by Gasteiger charge is -2.11. The lowest BCUT2D eigenvalue weighted by molar-refractivity contribution is -0.137. The highest BCUT2D eigenvalue weighted by Crippen LogP contribution is 2.30. The minimum Gasteiger partial charge on any atom is -0.508 e. The molecule has 37 heavy (non-hydrogen) atoms. The maximum atomic E-state index is 13.0. The van der Waals surface area contributed by atoms with Crippen molar-refractivity contribution in [3.8, 4) is 5.75 Å². The highest BCUT2D eigenvalue weighted by molar-refractivity contribution is 6.34. The number of aromatic hydroxyl groups is 1. The van der Waals surface area contributed by atoms with E-state index in [1.165, 1.54) is 48.8 Å². The zero-order valence-corrected chi connectivity index (χ0v) is 19.6. The molecule has 0 aliphatic carbocycles. The third-order valence-electron chi connectivity index (χ3n) is 5.17. The Kier molecular flexibility index (Phi) is 7.40. The van der Waals surface area contributed by atoms with Gasteiger partial charge in [0.2, 0.25) is 5.95 Å². The van der Waals surface area contributed by atoms with Crippen LogP contribution in [0, 0.1) is 0 Å². The number of anilines is 3. The van der Waals surface area contributed by atoms with Crippen LogP contribution in [-0.4, -0.2) is 26.8 Å². The Bertz CT molecular complexity index is 1440. The Hall–Kier alpha value is -4.44. The molecule has 11 heteroatoms. The maximum Gasteiger partial charge on any atom is 0.416 e. The zero-order valence-electron chi connectivity index (χ0n) is 18.9. The SMILES string of the molecule is O=C(Nc1ccc(Cl)c(C(=O)Cc2cnc(Nc3ccc(O)cc3)nc2)c1)c1cccc(C(F)(F)F)c1. The van der Waals surface area contributed by atoms with E-state index in [4.69, 9.17) is 11.6 Å². The molecule has 0 atom stereocenters. The smallest absolute Gasteiger partial charge is 0.416 e. The summed E-state index contributed by atoms with van der Waals surface area (Å²) in [5, 5.41) is 14.9. The Morgan fingerprint density at radius 2 is 1.59 bits per heavy atom. The minimum absolute atomic E-state index is 0.0791. The quantitative estimate of drug-likeness (QED) is 0.193. The van der Waals surface area contributed by atoms with Crippen LogP contribution in [0.5, 0.6) is 5.75 Å². The first-order valence-corrected chi connectivity index (χ1v) is 11.1. The molecule has 1 heterocycles. The second kappa shape index (κ2) is 10.7. The zero-order chi connectivity index (χ0) is 26.6. The number of hydrogen-bond acceptors (Lipinski definition) is 6. The van der Waals surface area contributed by atoms with Crippen LogP contribution in [0.15, 0.2) is 79.1 Å². The molecule has 0 unspecified atom stereocenters. The summed E-state index contributed by atoms with van der Waals surface area (Å²) >= 11 is 6.19. The molecule has 0 saturated carbocycles. The van der Waals surface area contributed by atoms with Gasteiger partial charge in [0, 0.05) is 41.3 Å². The van der Waals surface area contributed by atoms with Gasteiger partial charge < -0.3 is 15.7 Å². The van der Waals surface area contributed by atoms with E-state index in [2.05, 4.69) is 20.6 Å². The molecule has 3 aromatic carbocycles. The van der Waals surface area contributed by atoms with E-state index < -0.39 is 17.6 Å². The summed E-state index contributed by atoms with van der Waals surface area (Å²) in [5.74, 6) is -0.725. The molecule has 4 aromatic rings. The molecular formula is C26H18ClF3N4O3. The number of ketones is 1. The highest BCUT2D eigenvalue weighted by atomic mass is 35.5. The van der Waals surface area contributed by atoms with Gasteiger partial charge in [-0.15, -0.1) is 0 Å². The standard InChI is InChI=1S/C26H18ClF3N4O3/c27-22-9-6-19(33-24(37)16-2-1-3-17(11-16)26(28,29)30)12-21(22)23(36)10-15-13-31-25(32-14-15)34-18-4-7-20(35)8-5-18/h1-9,11-14,35H,10H2,(H,33,37)(H,31,32,34). The Labute approximate surface area is 214 Å². The van der Waals surface area contributed by atoms with Crippen molar-refractivity contribution in [3.05, 3.63) is 106 Å². The number of rotatable bonds is 7. The lowest BCUT2D eigenvalue weighted by atomic mass is 10.0. The first-order valence-electron chi connectivity index (χ1n) is 10.8. The summed E-state index contributed by atoms with van der Waals surface area (Å²) in [6.07, 6.45) is -1.72. The number of amides is 1. The largest absolute Gasteiger partial charge is 0.508 e. The van der Waals surface area contributed by atoms with E-state index in [0.29, 0.717) is 17.2 Å². The van der Waals surface area contributed by atoms with Gasteiger partial charge in [-0.25, -0.2) is 9.97 Å². The number of Topliss-reactive ketones (excluding diaryl/α,β-unsaturated/α-hetero) is 1. The van der Waals surface area contributed by atoms with Crippen molar-refractivity contribution in [1.82, 2.24) is 9.97 Å². The molecule has 0 radical (unpaired) electrons. The number of nitrogens with one attached hydrogen (secondary N) is 2. The van der Waals surface area contributed by atoms with E-state index in [0.717, 1.165) is 18.2 Å². The van der Waals surface area contributed by atoms with Gasteiger partial charge in [-0.3, -0.25) is 9.59 Å². The fourth-order valence-electron chi connectivity index (χ4n) is 3.32. The number of phenolic OH excluding ortho intramolecular Hbond substituents is 1. The highest BCUT2D eigenvalue weighted by Gasteiger charge is 2.31. The van der Waals surface area contributed by atoms with Crippen molar-refractivity contribution in [1.29, 1.82) is 0 Å². The number of halogens is 4. The average molecular weight is 527 g/mol. The maximum absolute atomic E-state index is 13.0. The topological polar surface area (TPSA) is 104 Å². The van der Waals surface area contributed by atoms with Crippen LogP contribution in [0.2, 0.25) is 5.02 Å². The van der Waals surface area contributed by atoms with Crippen LogP contribution in [-0.2, 0) is 12.6 Å². The fourth-order valence-corrected chi connectivity index (χ4v) is 3.54. The third kappa shape index (κ3) is 6.62. The van der Waals surface area contributed by atoms with Gasteiger partial charge in [-0.2, -0.15) is 13.2 Å². The van der Waals surface area contributed by atoms with Gasteiger partial charge in [-0.05, 0) is 66.2 Å². The predicted octanol–water partition coefficient (Wildman–Crippen LogP) is 6.28. The number of phenols is 1. The number of hydrogen-bond donors (Lipinski definition) is 3. The van der Waals surface area contributed by atoms with Crippen LogP contribution in [0.3, 0.4) is 0 Å². The van der Waals surface area contributed by atoms with E-state index in [9.17, 15) is 27.9 Å². The van der Waals surface area contributed by atoms with Crippen LogP contribution in [0.1, 0.15) is 31.8 Å². The first kappa shape index (κ1) is 25.6. The van der Waals surface area contributed by atoms with Gasteiger partial charge in [0.05, 0.1) is 10.6 Å². The van der Waals surface area contributed by atoms with Gasteiger partial charge in [-0.1, -0.05) is 17.7 Å². The second-order valence-electron chi connectivity index (χ2n) is 7.91. The second-order valence-corrected chi connectivity index (χ2v) is 8.32. The van der Waals surface area contributed by atoms with Crippen LogP contribution in [0.4, 0.5) is 30.5 Å². The van der Waals surface area contributed by atoms with Crippen molar-refractivity contribution in [3.63, 3.8) is 0 Å². The van der Waals surface area contributed by atoms with Crippen LogP contribution in [0.25, 0.3) is 0 Å². The number of nitrogens with zero attached hydrogens (tertiary/aromatic N) is 2. The van der Waals surface area contributed by atoms with Gasteiger partial charge >= 0.3 is 6.18 Å². The summed E-state index contributed by atoms with van der Waals surface area (Å²) in [4.78, 5) is 33.7. The molecule has 3 N–H and O–H groups in total. The van der Waals surface area contributed by atoms with Crippen molar-refractivity contribution < 1.29 is 27.9 Å². The molecule has 1 amide bonds. The number of carbonyl (C=O) groups excluding carboxylic acids is 2. The van der Waals surface area contributed by atoms with E-state index in [-0.39, 0.29) is 39.8 Å². The van der Waals surface area contributed by atoms with Gasteiger partial charge in [0.1, 0.15) is 5.75 Å². The van der Waals surface area contributed by atoms with Gasteiger partial charge in [0.15, 0.2) is 5.78 Å². The van der Waals surface area contributed by atoms with Crippen molar-refractivity contribution >= 4 is 40.6 Å². The molecule has 7 nitrogen and oxygen atoms in total. The van der Waals surface area contributed by atoms with Crippen LogP contribution < -0.4 is 10.6 Å². The molecule has 0 spiro atoms. The number of aromatic nitrogens is 2. The summed E-state index contributed by atoms with van der Waals surface area (Å²) in [7, 11) is 0. The van der Waals surface area contributed by atoms with Crippen molar-refractivity contribution in [2.75, 3.05) is 10.6 Å². The molecule has 0 bridgehead atoms. The normalized spacial score (nSPS) is 11.1. The molecule has 0 aliphatic rings. The van der Waals surface area contributed by atoms with Crippen LogP contribution >= 0.6 is 11.6 Å². The molecule has 4 rings (SSSR count). The minimum atomic E-state index is -4.58. The monoisotopic (exact) mass is 526 g/mol. The molecular weight excluding hydrogens is 509 g/mol. The lowest BCUT2D eigenvalue weighted by Crippen LogP contribution is -2.14. The van der Waals surface area contributed by atoms with E-state index >= 15 is 0 Å². The Morgan fingerprint density at radius 1 is 0.919 bits per heavy atom.